The van der Waals surface area contributed by atoms with Crippen LogP contribution in [0.2, 0.25) is 5.02 Å². The Morgan fingerprint density at radius 3 is 3.09 bits per heavy atom. The molecule has 2 aliphatic rings. The van der Waals surface area contributed by atoms with Crippen LogP contribution in [0.25, 0.3) is 5.65 Å². The Balaban J connectivity index is 1.38. The number of hydrogen-bond donors (Lipinski definition) is 2. The number of fused-ring (bicyclic) bond motifs is 3. The molecule has 0 aliphatic carbocycles. The Hall–Kier alpha value is -1.79. The Morgan fingerprint density at radius 2 is 2.35 bits per heavy atom. The van der Waals surface area contributed by atoms with Crippen molar-refractivity contribution in [3.05, 3.63) is 35.2 Å². The maximum Gasteiger partial charge on any atom is 0.191 e. The molecule has 2 aromatic rings. The Labute approximate surface area is 139 Å². The molecule has 0 radical (unpaired) electrons. The molecule has 0 saturated carbocycles. The second-order valence-corrected chi connectivity index (χ2v) is 6.57. The lowest BCUT2D eigenvalue weighted by atomic mass is 9.96. The van der Waals surface area contributed by atoms with Crippen LogP contribution < -0.4 is 10.6 Å². The number of imidazole rings is 1. The van der Waals surface area contributed by atoms with Crippen LogP contribution in [0.1, 0.15) is 25.0 Å². The molecule has 2 saturated heterocycles. The number of rotatable bonds is 3. The fraction of sp³-hybridized carbons (Fsp3) is 0.500. The van der Waals surface area contributed by atoms with Gasteiger partial charge in [-0.3, -0.25) is 4.99 Å². The van der Waals surface area contributed by atoms with Gasteiger partial charge in [0, 0.05) is 19.4 Å². The summed E-state index contributed by atoms with van der Waals surface area (Å²) >= 11 is 6.00. The van der Waals surface area contributed by atoms with Crippen molar-refractivity contribution in [3.63, 3.8) is 0 Å². The first-order valence-electron chi connectivity index (χ1n) is 7.97. The van der Waals surface area contributed by atoms with Gasteiger partial charge in [0.1, 0.15) is 5.65 Å². The molecule has 0 amide bonds. The zero-order valence-electron chi connectivity index (χ0n) is 13.0. The van der Waals surface area contributed by atoms with Crippen LogP contribution in [0, 0.1) is 0 Å². The van der Waals surface area contributed by atoms with Crippen molar-refractivity contribution in [2.75, 3.05) is 7.05 Å². The van der Waals surface area contributed by atoms with E-state index >= 15 is 0 Å². The third-order valence-electron chi connectivity index (χ3n) is 4.55. The molecule has 4 heterocycles. The van der Waals surface area contributed by atoms with Gasteiger partial charge in [0.15, 0.2) is 5.96 Å². The van der Waals surface area contributed by atoms with Crippen molar-refractivity contribution in [2.24, 2.45) is 4.99 Å². The highest BCUT2D eigenvalue weighted by atomic mass is 35.5. The van der Waals surface area contributed by atoms with Gasteiger partial charge in [-0.05, 0) is 31.4 Å². The summed E-state index contributed by atoms with van der Waals surface area (Å²) in [5, 5.41) is 7.49. The van der Waals surface area contributed by atoms with E-state index in [4.69, 9.17) is 16.3 Å². The molecule has 122 valence electrons. The summed E-state index contributed by atoms with van der Waals surface area (Å²) in [6.45, 7) is 0.612. The molecule has 2 fully saturated rings. The fourth-order valence-corrected chi connectivity index (χ4v) is 3.60. The molecule has 6 nitrogen and oxygen atoms in total. The van der Waals surface area contributed by atoms with E-state index in [1.807, 2.05) is 28.9 Å². The monoisotopic (exact) mass is 333 g/mol. The summed E-state index contributed by atoms with van der Waals surface area (Å²) in [6, 6.07) is 4.11. The molecule has 2 N–H and O–H groups in total. The molecular formula is C16H20ClN5O. The molecule has 7 heteroatoms. The van der Waals surface area contributed by atoms with E-state index in [2.05, 4.69) is 20.6 Å². The molecule has 2 aliphatic heterocycles. The summed E-state index contributed by atoms with van der Waals surface area (Å²) in [7, 11) is 1.78. The van der Waals surface area contributed by atoms with Crippen molar-refractivity contribution in [1.29, 1.82) is 0 Å². The van der Waals surface area contributed by atoms with Gasteiger partial charge in [0.25, 0.3) is 0 Å². The van der Waals surface area contributed by atoms with E-state index in [-0.39, 0.29) is 0 Å². The van der Waals surface area contributed by atoms with Gasteiger partial charge >= 0.3 is 0 Å². The highest BCUT2D eigenvalue weighted by Crippen LogP contribution is 2.34. The highest BCUT2D eigenvalue weighted by molar-refractivity contribution is 6.30. The van der Waals surface area contributed by atoms with Crippen LogP contribution in [-0.2, 0) is 11.3 Å². The zero-order valence-corrected chi connectivity index (χ0v) is 13.8. The van der Waals surface area contributed by atoms with E-state index in [0.717, 1.165) is 30.1 Å². The standard InChI is InChI=1S/C16H20ClN5O/c1-18-16(21-13-6-12-3-4-14(13)23-12)19-7-11-9-22-8-10(17)2-5-15(22)20-11/h2,5,8-9,12-14H,3-4,6-7H2,1H3,(H2,18,19,21). The number of guanidine groups is 1. The number of nitrogens with zero attached hydrogens (tertiary/aromatic N) is 3. The summed E-state index contributed by atoms with van der Waals surface area (Å²) in [5.41, 5.74) is 1.83. The lowest BCUT2D eigenvalue weighted by Crippen LogP contribution is -2.47. The van der Waals surface area contributed by atoms with E-state index in [1.54, 1.807) is 7.05 Å². The first-order chi connectivity index (χ1) is 11.2. The molecule has 3 unspecified atom stereocenters. The Bertz CT molecular complexity index is 743. The number of hydrogen-bond acceptors (Lipinski definition) is 3. The highest BCUT2D eigenvalue weighted by Gasteiger charge is 2.41. The number of pyridine rings is 1. The van der Waals surface area contributed by atoms with Gasteiger partial charge in [0.2, 0.25) is 0 Å². The van der Waals surface area contributed by atoms with E-state index in [1.165, 1.54) is 6.42 Å². The quantitative estimate of drug-likeness (QED) is 0.666. The topological polar surface area (TPSA) is 63.0 Å². The normalized spacial score (nSPS) is 26.9. The van der Waals surface area contributed by atoms with Crippen LogP contribution in [0.15, 0.2) is 29.5 Å². The van der Waals surface area contributed by atoms with Crippen molar-refractivity contribution in [1.82, 2.24) is 20.0 Å². The van der Waals surface area contributed by atoms with Crippen LogP contribution in [0.5, 0.6) is 0 Å². The number of aliphatic imine (C=N–C) groups is 1. The molecule has 3 atom stereocenters. The smallest absolute Gasteiger partial charge is 0.191 e. The molecular weight excluding hydrogens is 314 g/mol. The second kappa shape index (κ2) is 6.02. The Kier molecular flexibility index (Phi) is 3.87. The van der Waals surface area contributed by atoms with Crippen molar-refractivity contribution >= 4 is 23.2 Å². The van der Waals surface area contributed by atoms with Gasteiger partial charge < -0.3 is 19.8 Å². The van der Waals surface area contributed by atoms with Gasteiger partial charge in [0.05, 0.1) is 35.5 Å². The molecule has 0 aromatic carbocycles. The first kappa shape index (κ1) is 14.8. The maximum atomic E-state index is 6.00. The van der Waals surface area contributed by atoms with Crippen LogP contribution in [-0.4, -0.2) is 40.6 Å². The van der Waals surface area contributed by atoms with Crippen molar-refractivity contribution < 1.29 is 4.74 Å². The molecule has 2 bridgehead atoms. The lowest BCUT2D eigenvalue weighted by molar-refractivity contribution is 0.0992. The summed E-state index contributed by atoms with van der Waals surface area (Å²) in [6.07, 6.45) is 7.99. The minimum Gasteiger partial charge on any atom is -0.373 e. The first-order valence-corrected chi connectivity index (χ1v) is 8.35. The van der Waals surface area contributed by atoms with Crippen molar-refractivity contribution in [2.45, 2.75) is 44.1 Å². The molecule has 2 aromatic heterocycles. The van der Waals surface area contributed by atoms with Crippen molar-refractivity contribution in [3.8, 4) is 0 Å². The average molecular weight is 334 g/mol. The molecule has 0 spiro atoms. The Morgan fingerprint density at radius 1 is 1.43 bits per heavy atom. The predicted molar refractivity (Wildman–Crippen MR) is 89.8 cm³/mol. The second-order valence-electron chi connectivity index (χ2n) is 6.13. The van der Waals surface area contributed by atoms with Gasteiger partial charge in [-0.15, -0.1) is 0 Å². The molecule has 23 heavy (non-hydrogen) atoms. The average Bonchev–Trinajstić information content (AvgIpc) is 3.25. The summed E-state index contributed by atoms with van der Waals surface area (Å²) < 4.78 is 7.80. The third kappa shape index (κ3) is 3.01. The minimum atomic E-state index is 0.330. The van der Waals surface area contributed by atoms with E-state index in [0.29, 0.717) is 29.8 Å². The summed E-state index contributed by atoms with van der Waals surface area (Å²) in [5.74, 6) is 0.793. The van der Waals surface area contributed by atoms with Crippen LogP contribution in [0.4, 0.5) is 0 Å². The minimum absolute atomic E-state index is 0.330. The lowest BCUT2D eigenvalue weighted by Gasteiger charge is -2.22. The fourth-order valence-electron chi connectivity index (χ4n) is 3.44. The third-order valence-corrected chi connectivity index (χ3v) is 4.78. The van der Waals surface area contributed by atoms with Crippen LogP contribution in [0.3, 0.4) is 0 Å². The number of aromatic nitrogens is 2. The van der Waals surface area contributed by atoms with E-state index < -0.39 is 0 Å². The van der Waals surface area contributed by atoms with Crippen LogP contribution >= 0.6 is 11.6 Å². The SMILES string of the molecule is CN=C(NCc1cn2cc(Cl)ccc2n1)NC1CC2CCC1O2. The van der Waals surface area contributed by atoms with Gasteiger partial charge in [-0.2, -0.15) is 0 Å². The number of ether oxygens (including phenoxy) is 1. The zero-order chi connectivity index (χ0) is 15.8. The maximum absolute atomic E-state index is 6.00. The van der Waals surface area contributed by atoms with Gasteiger partial charge in [-0.1, -0.05) is 11.6 Å². The summed E-state index contributed by atoms with van der Waals surface area (Å²) in [4.78, 5) is 8.87. The molecule has 4 rings (SSSR count). The predicted octanol–water partition coefficient (Wildman–Crippen LogP) is 1.97. The number of nitrogens with one attached hydrogen (secondary N) is 2. The van der Waals surface area contributed by atoms with Gasteiger partial charge in [-0.25, -0.2) is 4.98 Å². The van der Waals surface area contributed by atoms with E-state index in [9.17, 15) is 0 Å². The largest absolute Gasteiger partial charge is 0.373 e. The number of halogens is 1.